The average Bonchev–Trinajstić information content (AvgIpc) is 2.97. The fraction of sp³-hybridized carbons (Fsp3) is 0.389. The summed E-state index contributed by atoms with van der Waals surface area (Å²) in [5.41, 5.74) is 3.60. The number of amides is 2. The SMILES string of the molecule is CC(C)CC(CO)N1Cc2ccc3c4ccc5c6c(ccc(c7ccc(c2c37)C1)c64)C(=O)N(C(CO)CC(C)C)C5=O. The highest BCUT2D eigenvalue weighted by atomic mass is 16.3. The summed E-state index contributed by atoms with van der Waals surface area (Å²) < 4.78 is 0. The number of hydrogen-bond acceptors (Lipinski definition) is 5. The molecule has 2 unspecified atom stereocenters. The van der Waals surface area contributed by atoms with Crippen molar-refractivity contribution in [3.63, 3.8) is 0 Å². The summed E-state index contributed by atoms with van der Waals surface area (Å²) in [7, 11) is 0. The van der Waals surface area contributed by atoms with Gasteiger partial charge in [0.15, 0.2) is 0 Å². The summed E-state index contributed by atoms with van der Waals surface area (Å²) in [6, 6.07) is 16.2. The summed E-state index contributed by atoms with van der Waals surface area (Å²) >= 11 is 0. The molecule has 2 amide bonds. The lowest BCUT2D eigenvalue weighted by Crippen LogP contribution is -2.49. The van der Waals surface area contributed by atoms with Crippen molar-refractivity contribution >= 4 is 54.9 Å². The van der Waals surface area contributed by atoms with Gasteiger partial charge in [-0.15, -0.1) is 0 Å². The molecule has 0 fully saturated rings. The van der Waals surface area contributed by atoms with Crippen LogP contribution in [0.5, 0.6) is 0 Å². The van der Waals surface area contributed by atoms with Crippen molar-refractivity contribution in [2.24, 2.45) is 11.8 Å². The predicted molar refractivity (Wildman–Crippen MR) is 168 cm³/mol. The highest BCUT2D eigenvalue weighted by molar-refractivity contribution is 6.38. The van der Waals surface area contributed by atoms with E-state index in [-0.39, 0.29) is 37.0 Å². The number of aliphatic hydroxyl groups excluding tert-OH is 2. The van der Waals surface area contributed by atoms with Gasteiger partial charge in [0.2, 0.25) is 0 Å². The van der Waals surface area contributed by atoms with Crippen LogP contribution >= 0.6 is 0 Å². The van der Waals surface area contributed by atoms with E-state index in [2.05, 4.69) is 43.0 Å². The summed E-state index contributed by atoms with van der Waals surface area (Å²) in [4.78, 5) is 31.4. The lowest BCUT2D eigenvalue weighted by Gasteiger charge is -2.36. The first-order valence-corrected chi connectivity index (χ1v) is 15.2. The Balaban J connectivity index is 1.43. The first-order chi connectivity index (χ1) is 20.2. The minimum absolute atomic E-state index is 0.123. The van der Waals surface area contributed by atoms with Gasteiger partial charge in [0, 0.05) is 35.6 Å². The zero-order chi connectivity index (χ0) is 29.4. The van der Waals surface area contributed by atoms with E-state index in [0.29, 0.717) is 23.5 Å². The average molecular weight is 563 g/mol. The van der Waals surface area contributed by atoms with E-state index in [9.17, 15) is 19.8 Å². The van der Waals surface area contributed by atoms with Gasteiger partial charge in [0.25, 0.3) is 11.8 Å². The maximum atomic E-state index is 13.8. The smallest absolute Gasteiger partial charge is 0.261 e. The van der Waals surface area contributed by atoms with E-state index in [1.807, 2.05) is 38.1 Å². The molecule has 6 nitrogen and oxygen atoms in total. The number of fused-ring (bicyclic) bond motifs is 2. The van der Waals surface area contributed by atoms with Gasteiger partial charge in [-0.1, -0.05) is 64.1 Å². The molecular weight excluding hydrogens is 524 g/mol. The highest BCUT2D eigenvalue weighted by Gasteiger charge is 2.38. The lowest BCUT2D eigenvalue weighted by atomic mass is 9.82. The Morgan fingerprint density at radius 1 is 0.595 bits per heavy atom. The highest BCUT2D eigenvalue weighted by Crippen LogP contribution is 2.46. The maximum Gasteiger partial charge on any atom is 0.261 e. The van der Waals surface area contributed by atoms with Crippen LogP contribution in [0.3, 0.4) is 0 Å². The van der Waals surface area contributed by atoms with Gasteiger partial charge in [0.05, 0.1) is 19.3 Å². The van der Waals surface area contributed by atoms with Crippen molar-refractivity contribution in [3.05, 3.63) is 70.8 Å². The van der Waals surface area contributed by atoms with Crippen LogP contribution in [-0.4, -0.2) is 57.1 Å². The van der Waals surface area contributed by atoms with Gasteiger partial charge >= 0.3 is 0 Å². The third-order valence-electron chi connectivity index (χ3n) is 9.51. The van der Waals surface area contributed by atoms with Crippen molar-refractivity contribution in [2.75, 3.05) is 13.2 Å². The zero-order valence-corrected chi connectivity index (χ0v) is 24.8. The van der Waals surface area contributed by atoms with Crippen LogP contribution < -0.4 is 0 Å². The van der Waals surface area contributed by atoms with Crippen LogP contribution in [0.15, 0.2) is 48.5 Å². The molecule has 2 N–H and O–H groups in total. The standard InChI is InChI=1S/C36H38N2O4/c1-19(2)13-23(17-39)37-15-21-5-7-25-27-9-11-29-34-30(36(42)38(35(29)41)24(18-40)14-20(3)4)12-10-28(33(27)34)26-8-6-22(16-37)31(21)32(25)26/h5-12,19-20,23-24,39-40H,13-18H2,1-4H3. The van der Waals surface area contributed by atoms with Gasteiger partial charge in [-0.25, -0.2) is 0 Å². The largest absolute Gasteiger partial charge is 0.395 e. The Morgan fingerprint density at radius 3 is 1.48 bits per heavy atom. The topological polar surface area (TPSA) is 81.1 Å². The van der Waals surface area contributed by atoms with Crippen molar-refractivity contribution in [2.45, 2.75) is 65.7 Å². The number of hydrogen-bond donors (Lipinski definition) is 2. The third kappa shape index (κ3) is 3.89. The van der Waals surface area contributed by atoms with Gasteiger partial charge in [0.1, 0.15) is 0 Å². The van der Waals surface area contributed by atoms with Crippen LogP contribution in [0.25, 0.3) is 43.1 Å². The molecule has 2 heterocycles. The molecule has 7 rings (SSSR count). The fourth-order valence-electron chi connectivity index (χ4n) is 7.78. The van der Waals surface area contributed by atoms with Crippen molar-refractivity contribution < 1.29 is 19.8 Å². The molecule has 5 aromatic rings. The van der Waals surface area contributed by atoms with Crippen molar-refractivity contribution in [3.8, 4) is 0 Å². The zero-order valence-electron chi connectivity index (χ0n) is 24.8. The van der Waals surface area contributed by atoms with E-state index in [1.54, 1.807) is 0 Å². The fourth-order valence-corrected chi connectivity index (χ4v) is 7.78. The number of benzene rings is 5. The molecule has 0 spiro atoms. The molecule has 0 radical (unpaired) electrons. The van der Waals surface area contributed by atoms with Crippen LogP contribution in [0.2, 0.25) is 0 Å². The Hall–Kier alpha value is -3.58. The molecular formula is C36H38N2O4. The quantitative estimate of drug-likeness (QED) is 0.129. The molecule has 0 aliphatic carbocycles. The number of carbonyl (C=O) groups is 2. The maximum absolute atomic E-state index is 13.8. The van der Waals surface area contributed by atoms with Crippen LogP contribution in [0.1, 0.15) is 72.4 Å². The summed E-state index contributed by atoms with van der Waals surface area (Å²) in [5.74, 6) is 0.0850. The number of aliphatic hydroxyl groups is 2. The molecule has 2 aliphatic heterocycles. The monoisotopic (exact) mass is 562 g/mol. The first kappa shape index (κ1) is 27.3. The predicted octanol–water partition coefficient (Wildman–Crippen LogP) is 6.46. The van der Waals surface area contributed by atoms with Crippen LogP contribution in [-0.2, 0) is 13.1 Å². The van der Waals surface area contributed by atoms with Gasteiger partial charge in [-0.2, -0.15) is 0 Å². The van der Waals surface area contributed by atoms with Crippen molar-refractivity contribution in [1.29, 1.82) is 0 Å². The Kier molecular flexibility index (Phi) is 6.50. The molecule has 0 saturated heterocycles. The van der Waals surface area contributed by atoms with E-state index in [0.717, 1.165) is 51.8 Å². The first-order valence-electron chi connectivity index (χ1n) is 15.2. The Morgan fingerprint density at radius 2 is 1.02 bits per heavy atom. The summed E-state index contributed by atoms with van der Waals surface area (Å²) in [6.07, 6.45) is 1.51. The van der Waals surface area contributed by atoms with Gasteiger partial charge in [-0.05, 0) is 85.6 Å². The van der Waals surface area contributed by atoms with Crippen LogP contribution in [0.4, 0.5) is 0 Å². The second-order valence-corrected chi connectivity index (χ2v) is 13.2. The molecule has 216 valence electrons. The molecule has 2 atom stereocenters. The number of carbonyl (C=O) groups excluding carboxylic acids is 2. The number of rotatable bonds is 8. The van der Waals surface area contributed by atoms with E-state index < -0.39 is 6.04 Å². The second kappa shape index (κ2) is 10.0. The minimum Gasteiger partial charge on any atom is -0.395 e. The molecule has 6 heteroatoms. The lowest BCUT2D eigenvalue weighted by molar-refractivity contribution is 0.0444. The minimum atomic E-state index is -0.553. The van der Waals surface area contributed by atoms with Gasteiger partial charge in [-0.3, -0.25) is 19.4 Å². The Bertz CT molecular complexity index is 1780. The summed E-state index contributed by atoms with van der Waals surface area (Å²) in [5, 5.41) is 28.9. The van der Waals surface area contributed by atoms with E-state index >= 15 is 0 Å². The normalized spacial score (nSPS) is 17.2. The van der Waals surface area contributed by atoms with Crippen molar-refractivity contribution in [1.82, 2.24) is 9.80 Å². The molecule has 0 bridgehead atoms. The molecule has 0 aromatic heterocycles. The van der Waals surface area contributed by atoms with Gasteiger partial charge < -0.3 is 10.2 Å². The number of imide groups is 1. The number of nitrogens with zero attached hydrogens (tertiary/aromatic N) is 2. The van der Waals surface area contributed by atoms with E-state index in [1.165, 1.54) is 26.8 Å². The molecule has 2 aliphatic rings. The van der Waals surface area contributed by atoms with E-state index in [4.69, 9.17) is 0 Å². The molecule has 5 aromatic carbocycles. The third-order valence-corrected chi connectivity index (χ3v) is 9.51. The Labute approximate surface area is 245 Å². The summed E-state index contributed by atoms with van der Waals surface area (Å²) in [6.45, 7) is 9.96. The second-order valence-electron chi connectivity index (χ2n) is 13.2. The van der Waals surface area contributed by atoms with Crippen LogP contribution in [0, 0.1) is 11.8 Å². The molecule has 42 heavy (non-hydrogen) atoms. The molecule has 0 saturated carbocycles.